The zero-order valence-corrected chi connectivity index (χ0v) is 13.4. The van der Waals surface area contributed by atoms with Gasteiger partial charge in [0.2, 0.25) is 11.8 Å². The van der Waals surface area contributed by atoms with Gasteiger partial charge in [0.05, 0.1) is 18.7 Å². The summed E-state index contributed by atoms with van der Waals surface area (Å²) in [7, 11) is 1.53. The zero-order chi connectivity index (χ0) is 15.8. The van der Waals surface area contributed by atoms with Crippen molar-refractivity contribution in [2.24, 2.45) is 0 Å². The lowest BCUT2D eigenvalue weighted by Crippen LogP contribution is -2.37. The highest BCUT2D eigenvalue weighted by Gasteiger charge is 2.13. The summed E-state index contributed by atoms with van der Waals surface area (Å²) in [6.45, 7) is 4.13. The van der Waals surface area contributed by atoms with Crippen LogP contribution in [-0.4, -0.2) is 36.9 Å². The molecule has 5 nitrogen and oxygen atoms in total. The molecule has 1 N–H and O–H groups in total. The van der Waals surface area contributed by atoms with Gasteiger partial charge in [-0.05, 0) is 24.6 Å². The van der Waals surface area contributed by atoms with Crippen molar-refractivity contribution in [2.45, 2.75) is 26.7 Å². The van der Waals surface area contributed by atoms with E-state index in [1.165, 1.54) is 18.9 Å². The number of anilines is 1. The molecule has 0 aliphatic rings. The van der Waals surface area contributed by atoms with Crippen LogP contribution in [-0.2, 0) is 9.59 Å². The lowest BCUT2D eigenvalue weighted by atomic mass is 10.3. The lowest BCUT2D eigenvalue weighted by Gasteiger charge is -2.20. The second-order valence-corrected chi connectivity index (χ2v) is 5.10. The smallest absolute Gasteiger partial charge is 0.243 e. The third-order valence-corrected chi connectivity index (χ3v) is 3.29. The third-order valence-electron chi connectivity index (χ3n) is 3.00. The van der Waals surface area contributed by atoms with Crippen LogP contribution in [0.2, 0.25) is 5.02 Å². The average molecular weight is 313 g/mol. The van der Waals surface area contributed by atoms with Crippen molar-refractivity contribution in [1.29, 1.82) is 0 Å². The number of nitrogens with zero attached hydrogens (tertiary/aromatic N) is 1. The number of halogens is 1. The number of benzene rings is 1. The molecular formula is C15H21ClN2O3. The molecule has 0 heterocycles. The van der Waals surface area contributed by atoms with E-state index in [2.05, 4.69) is 5.32 Å². The van der Waals surface area contributed by atoms with Crippen molar-refractivity contribution in [3.8, 4) is 5.75 Å². The molecule has 0 atom stereocenters. The van der Waals surface area contributed by atoms with Crippen molar-refractivity contribution in [3.05, 3.63) is 23.2 Å². The van der Waals surface area contributed by atoms with Crippen LogP contribution in [0.5, 0.6) is 5.75 Å². The Morgan fingerprint density at radius 3 is 2.62 bits per heavy atom. The average Bonchev–Trinajstić information content (AvgIpc) is 2.43. The standard InChI is InChI=1S/C15H21ClN2O3/c1-4-5-8-18(11(2)19)10-15(20)17-12-6-7-14(21-3)13(16)9-12/h6-7,9H,4-5,8,10H2,1-3H3,(H,17,20). The van der Waals surface area contributed by atoms with Crippen LogP contribution in [0.4, 0.5) is 5.69 Å². The monoisotopic (exact) mass is 312 g/mol. The summed E-state index contributed by atoms with van der Waals surface area (Å²) in [6, 6.07) is 4.99. The summed E-state index contributed by atoms with van der Waals surface area (Å²) in [6.07, 6.45) is 1.85. The number of hydrogen-bond donors (Lipinski definition) is 1. The van der Waals surface area contributed by atoms with Crippen molar-refractivity contribution in [3.63, 3.8) is 0 Å². The Hall–Kier alpha value is -1.75. The molecule has 0 fully saturated rings. The van der Waals surface area contributed by atoms with Crippen LogP contribution >= 0.6 is 11.6 Å². The lowest BCUT2D eigenvalue weighted by molar-refractivity contribution is -0.132. The summed E-state index contributed by atoms with van der Waals surface area (Å²) in [5.74, 6) is 0.192. The van der Waals surface area contributed by atoms with Gasteiger partial charge in [-0.2, -0.15) is 0 Å². The Balaban J connectivity index is 2.63. The number of carbonyl (C=O) groups is 2. The van der Waals surface area contributed by atoms with Gasteiger partial charge in [0.15, 0.2) is 0 Å². The number of rotatable bonds is 7. The van der Waals surface area contributed by atoms with E-state index in [1.54, 1.807) is 18.2 Å². The minimum atomic E-state index is -0.248. The van der Waals surface area contributed by atoms with E-state index in [0.717, 1.165) is 12.8 Å². The van der Waals surface area contributed by atoms with E-state index < -0.39 is 0 Å². The molecule has 116 valence electrons. The van der Waals surface area contributed by atoms with E-state index in [-0.39, 0.29) is 18.4 Å². The molecule has 0 spiro atoms. The number of ether oxygens (including phenoxy) is 1. The van der Waals surface area contributed by atoms with Gasteiger partial charge in [0.1, 0.15) is 5.75 Å². The molecule has 1 aromatic rings. The van der Waals surface area contributed by atoms with Crippen LogP contribution in [0.3, 0.4) is 0 Å². The van der Waals surface area contributed by atoms with Gasteiger partial charge in [0, 0.05) is 19.2 Å². The molecule has 0 radical (unpaired) electrons. The van der Waals surface area contributed by atoms with E-state index in [4.69, 9.17) is 16.3 Å². The first-order valence-corrected chi connectivity index (χ1v) is 7.24. The molecule has 1 aromatic carbocycles. The molecule has 21 heavy (non-hydrogen) atoms. The van der Waals surface area contributed by atoms with E-state index in [9.17, 15) is 9.59 Å². The molecule has 6 heteroatoms. The van der Waals surface area contributed by atoms with Crippen molar-refractivity contribution in [1.82, 2.24) is 4.90 Å². The van der Waals surface area contributed by atoms with Gasteiger partial charge in [-0.25, -0.2) is 0 Å². The van der Waals surface area contributed by atoms with Crippen LogP contribution in [0.15, 0.2) is 18.2 Å². The van der Waals surface area contributed by atoms with Crippen molar-refractivity contribution in [2.75, 3.05) is 25.5 Å². The Labute approximate surface area is 130 Å². The second kappa shape index (κ2) is 8.52. The van der Waals surface area contributed by atoms with Gasteiger partial charge in [-0.3, -0.25) is 9.59 Å². The number of nitrogens with one attached hydrogen (secondary N) is 1. The number of methoxy groups -OCH3 is 1. The molecule has 1 rings (SSSR count). The largest absolute Gasteiger partial charge is 0.495 e. The highest BCUT2D eigenvalue weighted by molar-refractivity contribution is 6.32. The molecule has 0 aliphatic heterocycles. The van der Waals surface area contributed by atoms with E-state index >= 15 is 0 Å². The fourth-order valence-corrected chi connectivity index (χ4v) is 2.07. The van der Waals surface area contributed by atoms with E-state index in [0.29, 0.717) is 23.0 Å². The quantitative estimate of drug-likeness (QED) is 0.842. The fraction of sp³-hybridized carbons (Fsp3) is 0.467. The first-order chi connectivity index (χ1) is 9.97. The SMILES string of the molecule is CCCCN(CC(=O)Nc1ccc(OC)c(Cl)c1)C(C)=O. The fourth-order valence-electron chi connectivity index (χ4n) is 1.81. The Morgan fingerprint density at radius 2 is 2.10 bits per heavy atom. The van der Waals surface area contributed by atoms with Crippen LogP contribution in [0.25, 0.3) is 0 Å². The highest BCUT2D eigenvalue weighted by atomic mass is 35.5. The first kappa shape index (κ1) is 17.3. The summed E-state index contributed by atoms with van der Waals surface area (Å²) in [4.78, 5) is 25.0. The van der Waals surface area contributed by atoms with Gasteiger partial charge in [-0.15, -0.1) is 0 Å². The van der Waals surface area contributed by atoms with Crippen LogP contribution in [0.1, 0.15) is 26.7 Å². The van der Waals surface area contributed by atoms with Gasteiger partial charge >= 0.3 is 0 Å². The Kier molecular flexibility index (Phi) is 7.02. The predicted molar refractivity (Wildman–Crippen MR) is 83.8 cm³/mol. The molecular weight excluding hydrogens is 292 g/mol. The summed E-state index contributed by atoms with van der Waals surface area (Å²) in [5.41, 5.74) is 0.574. The van der Waals surface area contributed by atoms with Gasteiger partial charge < -0.3 is 15.0 Å². The number of hydrogen-bond acceptors (Lipinski definition) is 3. The Bertz CT molecular complexity index is 506. The summed E-state index contributed by atoms with van der Waals surface area (Å²) < 4.78 is 5.05. The minimum absolute atomic E-state index is 0.0407. The zero-order valence-electron chi connectivity index (χ0n) is 12.6. The van der Waals surface area contributed by atoms with Gasteiger partial charge in [-0.1, -0.05) is 24.9 Å². The summed E-state index contributed by atoms with van der Waals surface area (Å²) in [5, 5.41) is 3.14. The molecule has 0 bridgehead atoms. The van der Waals surface area contributed by atoms with Crippen LogP contribution < -0.4 is 10.1 Å². The minimum Gasteiger partial charge on any atom is -0.495 e. The van der Waals surface area contributed by atoms with Crippen molar-refractivity contribution >= 4 is 29.1 Å². The molecule has 2 amide bonds. The summed E-state index contributed by atoms with van der Waals surface area (Å²) >= 11 is 6.00. The first-order valence-electron chi connectivity index (χ1n) is 6.86. The number of amides is 2. The van der Waals surface area contributed by atoms with Gasteiger partial charge in [0.25, 0.3) is 0 Å². The van der Waals surface area contributed by atoms with E-state index in [1.807, 2.05) is 6.92 Å². The highest BCUT2D eigenvalue weighted by Crippen LogP contribution is 2.27. The number of carbonyl (C=O) groups excluding carboxylic acids is 2. The maximum atomic E-state index is 12.0. The molecule has 0 saturated carbocycles. The maximum Gasteiger partial charge on any atom is 0.243 e. The van der Waals surface area contributed by atoms with Crippen molar-refractivity contribution < 1.29 is 14.3 Å². The third kappa shape index (κ3) is 5.63. The topological polar surface area (TPSA) is 58.6 Å². The molecule has 0 saturated heterocycles. The molecule has 0 aromatic heterocycles. The normalized spacial score (nSPS) is 10.1. The Morgan fingerprint density at radius 1 is 1.38 bits per heavy atom. The molecule has 0 unspecified atom stereocenters. The second-order valence-electron chi connectivity index (χ2n) is 4.69. The molecule has 0 aliphatic carbocycles. The number of unbranched alkanes of at least 4 members (excludes halogenated alkanes) is 1. The predicted octanol–water partition coefficient (Wildman–Crippen LogP) is 2.94. The maximum absolute atomic E-state index is 12.0. The van der Waals surface area contributed by atoms with Crippen LogP contribution in [0, 0.1) is 0 Å².